The molecule has 0 amide bonds. The molecule has 0 saturated carbocycles. The van der Waals surface area contributed by atoms with Gasteiger partial charge in [-0.15, -0.1) is 0 Å². The number of aromatic nitrogens is 3. The summed E-state index contributed by atoms with van der Waals surface area (Å²) < 4.78 is 45.8. The number of hydrogen-bond donors (Lipinski definition) is 2. The van der Waals surface area contributed by atoms with E-state index in [1.807, 2.05) is 6.07 Å². The van der Waals surface area contributed by atoms with Gasteiger partial charge in [-0.25, -0.2) is 4.98 Å². The van der Waals surface area contributed by atoms with E-state index in [-0.39, 0.29) is 0 Å². The molecule has 0 unspecified atom stereocenters. The SMILES string of the molecule is Cn1c(Nc2ccc(C(F)(F)F)cc2)nc2cc(Oc3ccnc(/C=N/O)c3)ccc21. The predicted octanol–water partition coefficient (Wildman–Crippen LogP) is 5.33. The fraction of sp³-hybridized carbons (Fsp3) is 0.0952. The maximum absolute atomic E-state index is 12.7. The minimum atomic E-state index is -4.38. The first-order chi connectivity index (χ1) is 14.8. The van der Waals surface area contributed by atoms with Crippen LogP contribution < -0.4 is 10.1 Å². The lowest BCUT2D eigenvalue weighted by molar-refractivity contribution is -0.137. The van der Waals surface area contributed by atoms with Gasteiger partial charge in [-0.05, 0) is 42.5 Å². The number of oxime groups is 1. The zero-order valence-electron chi connectivity index (χ0n) is 16.1. The molecular formula is C21H16F3N5O2. The Morgan fingerprint density at radius 1 is 1.06 bits per heavy atom. The fourth-order valence-corrected chi connectivity index (χ4v) is 2.98. The van der Waals surface area contributed by atoms with Crippen molar-refractivity contribution < 1.29 is 23.1 Å². The van der Waals surface area contributed by atoms with Gasteiger partial charge in [0.15, 0.2) is 0 Å². The van der Waals surface area contributed by atoms with Crippen LogP contribution in [0.1, 0.15) is 11.3 Å². The van der Waals surface area contributed by atoms with E-state index in [2.05, 4.69) is 20.4 Å². The second kappa shape index (κ2) is 7.98. The highest BCUT2D eigenvalue weighted by atomic mass is 19.4. The molecule has 0 saturated heterocycles. The van der Waals surface area contributed by atoms with Crippen molar-refractivity contribution in [3.05, 3.63) is 72.1 Å². The number of alkyl halides is 3. The molecular weight excluding hydrogens is 411 g/mol. The average Bonchev–Trinajstić information content (AvgIpc) is 3.03. The summed E-state index contributed by atoms with van der Waals surface area (Å²) >= 11 is 0. The Kier molecular flexibility index (Phi) is 5.20. The Labute approximate surface area is 174 Å². The first-order valence-electron chi connectivity index (χ1n) is 9.05. The fourth-order valence-electron chi connectivity index (χ4n) is 2.98. The molecule has 0 aliphatic rings. The molecule has 0 aliphatic carbocycles. The number of pyridine rings is 1. The van der Waals surface area contributed by atoms with Crippen molar-refractivity contribution in [1.29, 1.82) is 0 Å². The molecule has 2 N–H and O–H groups in total. The molecule has 10 heteroatoms. The van der Waals surface area contributed by atoms with Crippen LogP contribution >= 0.6 is 0 Å². The van der Waals surface area contributed by atoms with Crippen molar-refractivity contribution in [2.75, 3.05) is 5.32 Å². The van der Waals surface area contributed by atoms with E-state index in [4.69, 9.17) is 9.94 Å². The highest BCUT2D eigenvalue weighted by Gasteiger charge is 2.30. The molecule has 2 aromatic heterocycles. The zero-order valence-corrected chi connectivity index (χ0v) is 16.1. The first kappa shape index (κ1) is 20.2. The van der Waals surface area contributed by atoms with Crippen LogP contribution in [0.2, 0.25) is 0 Å². The third-order valence-corrected chi connectivity index (χ3v) is 4.50. The largest absolute Gasteiger partial charge is 0.457 e. The van der Waals surface area contributed by atoms with Crippen LogP contribution in [-0.2, 0) is 13.2 Å². The Balaban J connectivity index is 1.57. The molecule has 0 radical (unpaired) electrons. The second-order valence-corrected chi connectivity index (χ2v) is 6.61. The molecule has 0 spiro atoms. The lowest BCUT2D eigenvalue weighted by Gasteiger charge is -2.09. The number of fused-ring (bicyclic) bond motifs is 1. The van der Waals surface area contributed by atoms with Gasteiger partial charge in [0.05, 0.1) is 28.5 Å². The van der Waals surface area contributed by atoms with Gasteiger partial charge in [-0.2, -0.15) is 13.2 Å². The summed E-state index contributed by atoms with van der Waals surface area (Å²) in [5, 5.41) is 14.6. The molecule has 0 bridgehead atoms. The Morgan fingerprint density at radius 2 is 1.81 bits per heavy atom. The lowest BCUT2D eigenvalue weighted by Crippen LogP contribution is -2.05. The third-order valence-electron chi connectivity index (χ3n) is 4.50. The van der Waals surface area contributed by atoms with Crippen molar-refractivity contribution in [2.45, 2.75) is 6.18 Å². The number of imidazole rings is 1. The van der Waals surface area contributed by atoms with E-state index in [0.29, 0.717) is 34.3 Å². The maximum atomic E-state index is 12.7. The van der Waals surface area contributed by atoms with Gasteiger partial charge >= 0.3 is 6.18 Å². The van der Waals surface area contributed by atoms with Gasteiger partial charge in [0.2, 0.25) is 5.95 Å². The number of nitrogens with one attached hydrogen (secondary N) is 1. The van der Waals surface area contributed by atoms with Crippen molar-refractivity contribution in [3.8, 4) is 11.5 Å². The summed E-state index contributed by atoms with van der Waals surface area (Å²) in [4.78, 5) is 8.53. The van der Waals surface area contributed by atoms with E-state index >= 15 is 0 Å². The molecule has 0 fully saturated rings. The van der Waals surface area contributed by atoms with Crippen LogP contribution in [-0.4, -0.2) is 26.0 Å². The molecule has 7 nitrogen and oxygen atoms in total. The van der Waals surface area contributed by atoms with Crippen LogP contribution in [0.3, 0.4) is 0 Å². The van der Waals surface area contributed by atoms with Crippen molar-refractivity contribution in [1.82, 2.24) is 14.5 Å². The van der Waals surface area contributed by atoms with Crippen molar-refractivity contribution in [3.63, 3.8) is 0 Å². The molecule has 0 aliphatic heterocycles. The van der Waals surface area contributed by atoms with Crippen LogP contribution in [0.5, 0.6) is 11.5 Å². The topological polar surface area (TPSA) is 84.6 Å². The van der Waals surface area contributed by atoms with Crippen LogP contribution in [0, 0.1) is 0 Å². The van der Waals surface area contributed by atoms with Crippen molar-refractivity contribution in [2.24, 2.45) is 12.2 Å². The van der Waals surface area contributed by atoms with E-state index in [1.165, 1.54) is 24.5 Å². The number of nitrogens with zero attached hydrogens (tertiary/aromatic N) is 4. The standard InChI is InChI=1S/C21H16F3N5O2/c1-29-19-7-6-16(31-17-8-9-25-15(10-17)12-26-30)11-18(19)28-20(29)27-14-4-2-13(3-5-14)21(22,23)24/h2-12,30H,1H3,(H,27,28)/b26-12+. The first-order valence-corrected chi connectivity index (χ1v) is 9.05. The number of halogens is 3. The summed E-state index contributed by atoms with van der Waals surface area (Å²) in [6, 6.07) is 13.4. The molecule has 4 rings (SSSR count). The summed E-state index contributed by atoms with van der Waals surface area (Å²) in [7, 11) is 1.80. The highest BCUT2D eigenvalue weighted by Crippen LogP contribution is 2.31. The predicted molar refractivity (Wildman–Crippen MR) is 109 cm³/mol. The number of rotatable bonds is 5. The maximum Gasteiger partial charge on any atom is 0.416 e. The Bertz CT molecular complexity index is 1250. The van der Waals surface area contributed by atoms with Crippen LogP contribution in [0.25, 0.3) is 11.0 Å². The van der Waals surface area contributed by atoms with Gasteiger partial charge in [0.25, 0.3) is 0 Å². The third kappa shape index (κ3) is 4.42. The number of anilines is 2. The molecule has 2 aromatic carbocycles. The molecule has 4 aromatic rings. The summed E-state index contributed by atoms with van der Waals surface area (Å²) in [5.41, 5.74) is 1.65. The van der Waals surface area contributed by atoms with Gasteiger partial charge in [-0.3, -0.25) is 4.98 Å². The van der Waals surface area contributed by atoms with E-state index in [9.17, 15) is 13.2 Å². The minimum absolute atomic E-state index is 0.432. The molecule has 0 atom stereocenters. The molecule has 158 valence electrons. The smallest absolute Gasteiger partial charge is 0.416 e. The molecule has 2 heterocycles. The van der Waals surface area contributed by atoms with E-state index in [0.717, 1.165) is 17.6 Å². The Hall–Kier alpha value is -4.08. The Morgan fingerprint density at radius 3 is 2.52 bits per heavy atom. The van der Waals surface area contributed by atoms with Gasteiger partial charge in [-0.1, -0.05) is 5.16 Å². The number of hydrogen-bond acceptors (Lipinski definition) is 6. The normalized spacial score (nSPS) is 11.9. The quantitative estimate of drug-likeness (QED) is 0.255. The molecule has 31 heavy (non-hydrogen) atoms. The number of ether oxygens (including phenoxy) is 1. The summed E-state index contributed by atoms with van der Waals surface area (Å²) in [6.07, 6.45) is -1.67. The van der Waals surface area contributed by atoms with E-state index < -0.39 is 11.7 Å². The van der Waals surface area contributed by atoms with Crippen LogP contribution in [0.4, 0.5) is 24.8 Å². The van der Waals surface area contributed by atoms with Crippen molar-refractivity contribution >= 4 is 28.9 Å². The number of aryl methyl sites for hydroxylation is 1. The van der Waals surface area contributed by atoms with Gasteiger partial charge in [0, 0.05) is 31.1 Å². The highest BCUT2D eigenvalue weighted by molar-refractivity contribution is 5.81. The van der Waals surface area contributed by atoms with Gasteiger partial charge < -0.3 is 19.8 Å². The summed E-state index contributed by atoms with van der Waals surface area (Å²) in [6.45, 7) is 0. The zero-order chi connectivity index (χ0) is 22.0. The van der Waals surface area contributed by atoms with Gasteiger partial charge in [0.1, 0.15) is 11.5 Å². The monoisotopic (exact) mass is 427 g/mol. The van der Waals surface area contributed by atoms with Crippen LogP contribution in [0.15, 0.2) is 65.9 Å². The van der Waals surface area contributed by atoms with E-state index in [1.54, 1.807) is 35.9 Å². The lowest BCUT2D eigenvalue weighted by atomic mass is 10.2. The second-order valence-electron chi connectivity index (χ2n) is 6.61. The number of benzene rings is 2. The average molecular weight is 427 g/mol. The minimum Gasteiger partial charge on any atom is -0.457 e. The summed E-state index contributed by atoms with van der Waals surface area (Å²) in [5.74, 6) is 1.50.